The van der Waals surface area contributed by atoms with Gasteiger partial charge in [0, 0.05) is 54.5 Å². The van der Waals surface area contributed by atoms with E-state index in [0.29, 0.717) is 11.1 Å². The summed E-state index contributed by atoms with van der Waals surface area (Å²) in [6.45, 7) is 3.16. The molecule has 1 saturated carbocycles. The van der Waals surface area contributed by atoms with Crippen LogP contribution in [-0.4, -0.2) is 48.1 Å². The molecule has 1 aromatic carbocycles. The number of carbonyl (C=O) groups is 1. The highest BCUT2D eigenvalue weighted by atomic mass is 35.5. The zero-order valence-electron chi connectivity index (χ0n) is 13.5. The van der Waals surface area contributed by atoms with Crippen LogP contribution in [0.1, 0.15) is 19.3 Å². The zero-order chi connectivity index (χ0) is 16.5. The van der Waals surface area contributed by atoms with Crippen LogP contribution >= 0.6 is 11.6 Å². The van der Waals surface area contributed by atoms with Gasteiger partial charge in [-0.05, 0) is 43.5 Å². The zero-order valence-corrected chi connectivity index (χ0v) is 14.3. The minimum atomic E-state index is 0.0886. The lowest BCUT2D eigenvalue weighted by Gasteiger charge is -2.38. The second-order valence-corrected chi connectivity index (χ2v) is 6.98. The Morgan fingerprint density at radius 1 is 1.17 bits per heavy atom. The van der Waals surface area contributed by atoms with Crippen molar-refractivity contribution < 1.29 is 4.79 Å². The first kappa shape index (κ1) is 15.5. The average molecular weight is 345 g/mol. The molecule has 1 N–H and O–H groups in total. The Morgan fingerprint density at radius 2 is 1.96 bits per heavy atom. The number of urea groups is 1. The maximum absolute atomic E-state index is 12.3. The van der Waals surface area contributed by atoms with Crippen molar-refractivity contribution in [2.24, 2.45) is 0 Å². The molecule has 0 radical (unpaired) electrons. The molecule has 4 rings (SSSR count). The molecule has 1 aliphatic heterocycles. The van der Waals surface area contributed by atoms with Gasteiger partial charge in [-0.2, -0.15) is 0 Å². The molecule has 2 heterocycles. The van der Waals surface area contributed by atoms with Gasteiger partial charge in [-0.3, -0.25) is 4.98 Å². The Bertz CT molecular complexity index is 754. The quantitative estimate of drug-likeness (QED) is 0.909. The molecule has 126 valence electrons. The third kappa shape index (κ3) is 3.00. The smallest absolute Gasteiger partial charge is 0.317 e. The molecule has 1 aromatic heterocycles. The number of nitrogens with one attached hydrogen (secondary N) is 1. The van der Waals surface area contributed by atoms with Crippen molar-refractivity contribution in [2.75, 3.05) is 31.1 Å². The van der Waals surface area contributed by atoms with Gasteiger partial charge >= 0.3 is 6.03 Å². The first-order chi connectivity index (χ1) is 11.7. The van der Waals surface area contributed by atoms with Gasteiger partial charge in [0.25, 0.3) is 0 Å². The normalized spacial score (nSPS) is 18.5. The Hall–Kier alpha value is -2.01. The van der Waals surface area contributed by atoms with E-state index in [9.17, 15) is 4.79 Å². The second kappa shape index (κ2) is 6.48. The number of piperazine rings is 1. The minimum Gasteiger partial charge on any atom is -0.367 e. The molecule has 6 heteroatoms. The standard InChI is InChI=1S/C18H21ClN4O/c19-13-4-5-15-16(12-13)20-7-6-17(15)22-8-10-23(11-9-22)18(24)21-14-2-1-3-14/h4-7,12,14H,1-3,8-11H2,(H,21,24). The van der Waals surface area contributed by atoms with Crippen molar-refractivity contribution in [3.05, 3.63) is 35.5 Å². The van der Waals surface area contributed by atoms with Crippen LogP contribution in [0.15, 0.2) is 30.5 Å². The Kier molecular flexibility index (Phi) is 4.19. The average Bonchev–Trinajstić information content (AvgIpc) is 2.57. The summed E-state index contributed by atoms with van der Waals surface area (Å²) in [6.07, 6.45) is 5.30. The molecule has 0 unspecified atom stereocenters. The molecule has 24 heavy (non-hydrogen) atoms. The van der Waals surface area contributed by atoms with Crippen LogP contribution < -0.4 is 10.2 Å². The van der Waals surface area contributed by atoms with E-state index in [1.807, 2.05) is 35.4 Å². The maximum Gasteiger partial charge on any atom is 0.317 e. The van der Waals surface area contributed by atoms with Gasteiger partial charge in [-0.25, -0.2) is 4.79 Å². The first-order valence-electron chi connectivity index (χ1n) is 8.55. The van der Waals surface area contributed by atoms with Crippen molar-refractivity contribution in [3.8, 4) is 0 Å². The van der Waals surface area contributed by atoms with Crippen LogP contribution in [0.25, 0.3) is 10.9 Å². The maximum atomic E-state index is 12.3. The molecule has 5 nitrogen and oxygen atoms in total. The molecule has 2 amide bonds. The number of aromatic nitrogens is 1. The summed E-state index contributed by atoms with van der Waals surface area (Å²) in [5.41, 5.74) is 2.07. The van der Waals surface area contributed by atoms with Gasteiger partial charge in [0.15, 0.2) is 0 Å². The van der Waals surface area contributed by atoms with Crippen molar-refractivity contribution >= 4 is 34.2 Å². The van der Waals surface area contributed by atoms with E-state index in [2.05, 4.69) is 15.2 Å². The molecule has 0 bridgehead atoms. The molecule has 1 aliphatic carbocycles. The van der Waals surface area contributed by atoms with Gasteiger partial charge in [0.2, 0.25) is 0 Å². The lowest BCUT2D eigenvalue weighted by Crippen LogP contribution is -2.54. The summed E-state index contributed by atoms with van der Waals surface area (Å²) in [7, 11) is 0. The summed E-state index contributed by atoms with van der Waals surface area (Å²) in [5.74, 6) is 0. The monoisotopic (exact) mass is 344 g/mol. The summed E-state index contributed by atoms with van der Waals surface area (Å²) < 4.78 is 0. The van der Waals surface area contributed by atoms with Crippen LogP contribution in [0.3, 0.4) is 0 Å². The van der Waals surface area contributed by atoms with E-state index >= 15 is 0 Å². The lowest BCUT2D eigenvalue weighted by molar-refractivity contribution is 0.183. The fraction of sp³-hybridized carbons (Fsp3) is 0.444. The number of nitrogens with zero attached hydrogens (tertiary/aromatic N) is 3. The van der Waals surface area contributed by atoms with Crippen LogP contribution in [0.2, 0.25) is 5.02 Å². The lowest BCUT2D eigenvalue weighted by atomic mass is 9.93. The fourth-order valence-electron chi connectivity index (χ4n) is 3.35. The highest BCUT2D eigenvalue weighted by Gasteiger charge is 2.26. The predicted octanol–water partition coefficient (Wildman–Crippen LogP) is 3.27. The van der Waals surface area contributed by atoms with Crippen LogP contribution in [-0.2, 0) is 0 Å². The third-order valence-corrected chi connectivity index (χ3v) is 5.26. The molecular formula is C18H21ClN4O. The van der Waals surface area contributed by atoms with Crippen LogP contribution in [0, 0.1) is 0 Å². The van der Waals surface area contributed by atoms with Crippen LogP contribution in [0.4, 0.5) is 10.5 Å². The summed E-state index contributed by atoms with van der Waals surface area (Å²) in [4.78, 5) is 20.9. The molecule has 1 saturated heterocycles. The largest absolute Gasteiger partial charge is 0.367 e. The van der Waals surface area contributed by atoms with Gasteiger partial charge in [0.1, 0.15) is 0 Å². The second-order valence-electron chi connectivity index (χ2n) is 6.54. The number of hydrogen-bond donors (Lipinski definition) is 1. The number of anilines is 1. The molecule has 2 fully saturated rings. The molecule has 0 spiro atoms. The Balaban J connectivity index is 1.45. The number of benzene rings is 1. The van der Waals surface area contributed by atoms with E-state index in [0.717, 1.165) is 55.6 Å². The van der Waals surface area contributed by atoms with Crippen molar-refractivity contribution in [3.63, 3.8) is 0 Å². The molecule has 0 atom stereocenters. The van der Waals surface area contributed by atoms with Crippen molar-refractivity contribution in [1.29, 1.82) is 0 Å². The topological polar surface area (TPSA) is 48.5 Å². The van der Waals surface area contributed by atoms with Crippen molar-refractivity contribution in [1.82, 2.24) is 15.2 Å². The number of pyridine rings is 1. The number of carbonyl (C=O) groups excluding carboxylic acids is 1. The van der Waals surface area contributed by atoms with E-state index in [1.54, 1.807) is 0 Å². The van der Waals surface area contributed by atoms with Crippen molar-refractivity contribution in [2.45, 2.75) is 25.3 Å². The Morgan fingerprint density at radius 3 is 2.67 bits per heavy atom. The molecular weight excluding hydrogens is 324 g/mol. The molecule has 2 aliphatic rings. The summed E-state index contributed by atoms with van der Waals surface area (Å²) >= 11 is 6.06. The van der Waals surface area contributed by atoms with E-state index in [1.165, 1.54) is 6.42 Å². The fourth-order valence-corrected chi connectivity index (χ4v) is 3.52. The van der Waals surface area contributed by atoms with Gasteiger partial charge in [-0.1, -0.05) is 11.6 Å². The predicted molar refractivity (Wildman–Crippen MR) is 96.7 cm³/mol. The number of halogens is 1. The number of rotatable bonds is 2. The third-order valence-electron chi connectivity index (χ3n) is 5.02. The SMILES string of the molecule is O=C(NC1CCC1)N1CCN(c2ccnc3cc(Cl)ccc23)CC1. The van der Waals surface area contributed by atoms with E-state index in [4.69, 9.17) is 11.6 Å². The number of hydrogen-bond acceptors (Lipinski definition) is 3. The highest BCUT2D eigenvalue weighted by molar-refractivity contribution is 6.31. The van der Waals surface area contributed by atoms with Crippen LogP contribution in [0.5, 0.6) is 0 Å². The minimum absolute atomic E-state index is 0.0886. The first-order valence-corrected chi connectivity index (χ1v) is 8.93. The molecule has 2 aromatic rings. The summed E-state index contributed by atoms with van der Waals surface area (Å²) in [6, 6.07) is 8.34. The van der Waals surface area contributed by atoms with E-state index < -0.39 is 0 Å². The number of amides is 2. The Labute approximate surface area is 146 Å². The highest BCUT2D eigenvalue weighted by Crippen LogP contribution is 2.28. The van der Waals surface area contributed by atoms with Gasteiger partial charge < -0.3 is 15.1 Å². The van der Waals surface area contributed by atoms with E-state index in [-0.39, 0.29) is 6.03 Å². The summed E-state index contributed by atoms with van der Waals surface area (Å²) in [5, 5.41) is 4.92. The van der Waals surface area contributed by atoms with Gasteiger partial charge in [0.05, 0.1) is 5.52 Å². The van der Waals surface area contributed by atoms with Gasteiger partial charge in [-0.15, -0.1) is 0 Å². The number of fused-ring (bicyclic) bond motifs is 1.